The molecule has 2 heterocycles. The van der Waals surface area contributed by atoms with Crippen molar-refractivity contribution in [1.82, 2.24) is 9.55 Å². The van der Waals surface area contributed by atoms with E-state index >= 15 is 0 Å². The molecule has 0 amide bonds. The molecule has 1 aromatic heterocycles. The summed E-state index contributed by atoms with van der Waals surface area (Å²) in [7, 11) is 3.24. The number of aliphatic hydroxyl groups is 1. The Bertz CT molecular complexity index is 1630. The average molecular weight is 569 g/mol. The molecule has 0 spiro atoms. The lowest BCUT2D eigenvalue weighted by atomic mass is 9.79. The number of ether oxygens (including phenoxy) is 4. The van der Waals surface area contributed by atoms with Crippen molar-refractivity contribution in [2.45, 2.75) is 30.0 Å². The monoisotopic (exact) mass is 568 g/mol. The highest BCUT2D eigenvalue weighted by Crippen LogP contribution is 2.49. The van der Waals surface area contributed by atoms with Crippen LogP contribution in [0.25, 0.3) is 0 Å². The second kappa shape index (κ2) is 11.1. The molecule has 0 unspecified atom stereocenters. The Kier molecular flexibility index (Phi) is 7.32. The van der Waals surface area contributed by atoms with Crippen LogP contribution in [-0.2, 0) is 15.1 Å². The molecule has 9 heteroatoms. The van der Waals surface area contributed by atoms with Crippen molar-refractivity contribution in [3.05, 3.63) is 141 Å². The number of aromatic nitrogens is 2. The number of aromatic amines is 1. The molecule has 0 radical (unpaired) electrons. The van der Waals surface area contributed by atoms with Crippen molar-refractivity contribution >= 4 is 0 Å². The van der Waals surface area contributed by atoms with Crippen LogP contribution in [0.2, 0.25) is 0 Å². The first kappa shape index (κ1) is 27.7. The van der Waals surface area contributed by atoms with Gasteiger partial charge in [-0.15, -0.1) is 0 Å². The highest BCUT2D eigenvalue weighted by atomic mass is 16.6. The van der Waals surface area contributed by atoms with Crippen molar-refractivity contribution in [2.75, 3.05) is 20.8 Å². The zero-order valence-corrected chi connectivity index (χ0v) is 23.3. The summed E-state index contributed by atoms with van der Waals surface area (Å²) >= 11 is 0. The van der Waals surface area contributed by atoms with Crippen LogP contribution in [0.3, 0.4) is 0 Å². The third kappa shape index (κ3) is 4.65. The molecule has 42 heavy (non-hydrogen) atoms. The number of benzene rings is 3. The Hall–Kier alpha value is -4.44. The number of H-pyrrole nitrogens is 1. The smallest absolute Gasteiger partial charge is 0.330 e. The van der Waals surface area contributed by atoms with Gasteiger partial charge in [0.25, 0.3) is 5.56 Å². The molecule has 3 aromatic carbocycles. The molecule has 2 bridgehead atoms. The Morgan fingerprint density at radius 2 is 1.50 bits per heavy atom. The van der Waals surface area contributed by atoms with E-state index in [2.05, 4.69) is 4.98 Å². The highest BCUT2D eigenvalue weighted by molar-refractivity contribution is 5.50. The van der Waals surface area contributed by atoms with Crippen molar-refractivity contribution < 1.29 is 24.1 Å². The summed E-state index contributed by atoms with van der Waals surface area (Å²) in [5.74, 6) is 0.988. The fourth-order valence-corrected chi connectivity index (χ4v) is 6.06. The van der Waals surface area contributed by atoms with Gasteiger partial charge in [0.2, 0.25) is 0 Å². The lowest BCUT2D eigenvalue weighted by molar-refractivity contribution is -0.135. The molecule has 1 aliphatic heterocycles. The highest BCUT2D eigenvalue weighted by Gasteiger charge is 2.57. The molecule has 1 fully saturated rings. The second-order valence-electron chi connectivity index (χ2n) is 10.5. The molecular weight excluding hydrogens is 536 g/mol. The molecule has 9 nitrogen and oxygen atoms in total. The Morgan fingerprint density at radius 3 is 2.07 bits per heavy atom. The largest absolute Gasteiger partial charge is 0.497 e. The van der Waals surface area contributed by atoms with E-state index in [9.17, 15) is 14.7 Å². The lowest BCUT2D eigenvalue weighted by Crippen LogP contribution is -2.48. The minimum atomic E-state index is -1.25. The van der Waals surface area contributed by atoms with E-state index in [0.717, 1.165) is 16.7 Å². The minimum Gasteiger partial charge on any atom is -0.497 e. The second-order valence-corrected chi connectivity index (χ2v) is 10.5. The summed E-state index contributed by atoms with van der Waals surface area (Å²) in [6.07, 6.45) is 3.91. The quantitative estimate of drug-likeness (QED) is 0.234. The molecule has 0 saturated carbocycles. The van der Waals surface area contributed by atoms with E-state index in [1.54, 1.807) is 14.2 Å². The Labute approximate surface area is 242 Å². The lowest BCUT2D eigenvalue weighted by Gasteiger charge is -2.40. The van der Waals surface area contributed by atoms with E-state index < -0.39 is 40.7 Å². The fourth-order valence-electron chi connectivity index (χ4n) is 6.06. The predicted octanol–water partition coefficient (Wildman–Crippen LogP) is 3.77. The summed E-state index contributed by atoms with van der Waals surface area (Å²) in [5.41, 5.74) is -0.914. The van der Waals surface area contributed by atoms with E-state index in [1.165, 1.54) is 16.8 Å². The zero-order chi connectivity index (χ0) is 29.3. The van der Waals surface area contributed by atoms with Gasteiger partial charge < -0.3 is 24.1 Å². The van der Waals surface area contributed by atoms with Gasteiger partial charge in [0, 0.05) is 18.2 Å². The van der Waals surface area contributed by atoms with Crippen LogP contribution in [-0.4, -0.2) is 47.2 Å². The maximum absolute atomic E-state index is 12.7. The first-order valence-electron chi connectivity index (χ1n) is 13.7. The zero-order valence-electron chi connectivity index (χ0n) is 23.3. The number of rotatable bonds is 9. The molecule has 2 aliphatic rings. The standard InChI is InChI=1S/C33H32N2O7/c1-39-25-14-10-23(11-15-25)33(22-7-4-3-5-8-22,24-12-16-26(40-2)17-13-24)41-21-32-19-6-9-27(29(32)37)30(42-32)35-20-18-28(36)34-31(35)38/h3-8,10-20,27,29-30,37H,9,21H2,1-2H3,(H,34,36,38)/t27-,29+,30-,32-/m1/s1. The van der Waals surface area contributed by atoms with Gasteiger partial charge in [0.15, 0.2) is 0 Å². The average Bonchev–Trinajstić information content (AvgIpc) is 3.16. The van der Waals surface area contributed by atoms with Gasteiger partial charge in [-0.25, -0.2) is 4.79 Å². The fraction of sp³-hybridized carbons (Fsp3) is 0.273. The maximum atomic E-state index is 12.7. The summed E-state index contributed by atoms with van der Waals surface area (Å²) in [6, 6.07) is 26.5. The van der Waals surface area contributed by atoms with Gasteiger partial charge in [-0.2, -0.15) is 0 Å². The van der Waals surface area contributed by atoms with Crippen molar-refractivity contribution in [1.29, 1.82) is 0 Å². The summed E-state index contributed by atoms with van der Waals surface area (Å²) in [5, 5.41) is 11.6. The molecule has 1 aliphatic carbocycles. The third-order valence-electron chi connectivity index (χ3n) is 8.23. The number of hydrogen-bond donors (Lipinski definition) is 2. The first-order valence-corrected chi connectivity index (χ1v) is 13.7. The Morgan fingerprint density at radius 1 is 0.905 bits per heavy atom. The van der Waals surface area contributed by atoms with Crippen LogP contribution in [0.15, 0.2) is 113 Å². The van der Waals surface area contributed by atoms with Crippen LogP contribution >= 0.6 is 0 Å². The van der Waals surface area contributed by atoms with Crippen LogP contribution in [0.4, 0.5) is 0 Å². The number of aliphatic hydroxyl groups excluding tert-OH is 1. The van der Waals surface area contributed by atoms with Gasteiger partial charge in [0.05, 0.1) is 26.9 Å². The van der Waals surface area contributed by atoms with E-state index in [4.69, 9.17) is 18.9 Å². The van der Waals surface area contributed by atoms with Gasteiger partial charge >= 0.3 is 5.69 Å². The summed E-state index contributed by atoms with van der Waals surface area (Å²) in [4.78, 5) is 26.7. The van der Waals surface area contributed by atoms with E-state index in [0.29, 0.717) is 17.9 Å². The molecule has 4 aromatic rings. The van der Waals surface area contributed by atoms with Crippen LogP contribution in [0.5, 0.6) is 11.5 Å². The van der Waals surface area contributed by atoms with E-state index in [1.807, 2.05) is 91.0 Å². The maximum Gasteiger partial charge on any atom is 0.330 e. The van der Waals surface area contributed by atoms with E-state index in [-0.39, 0.29) is 6.61 Å². The Balaban J connectivity index is 1.46. The molecule has 6 rings (SSSR count). The van der Waals surface area contributed by atoms with Crippen molar-refractivity contribution in [3.63, 3.8) is 0 Å². The summed E-state index contributed by atoms with van der Waals surface area (Å²) < 4.78 is 25.7. The molecular formula is C33H32N2O7. The van der Waals surface area contributed by atoms with Crippen molar-refractivity contribution in [2.24, 2.45) is 5.92 Å². The molecule has 1 saturated heterocycles. The minimum absolute atomic E-state index is 0.0390. The van der Waals surface area contributed by atoms with Gasteiger partial charge in [-0.1, -0.05) is 66.7 Å². The molecule has 216 valence electrons. The van der Waals surface area contributed by atoms with Crippen LogP contribution in [0, 0.1) is 5.92 Å². The molecule has 2 N–H and O–H groups in total. The number of allylic oxidation sites excluding steroid dienone is 1. The predicted molar refractivity (Wildman–Crippen MR) is 156 cm³/mol. The topological polar surface area (TPSA) is 112 Å². The van der Waals surface area contributed by atoms with Crippen LogP contribution in [0.1, 0.15) is 29.3 Å². The number of methoxy groups -OCH3 is 2. The number of hydrogen-bond acceptors (Lipinski definition) is 7. The number of fused-ring (bicyclic) bond motifs is 2. The SMILES string of the molecule is COc1ccc(C(OC[C@@]23C=CC[C@@H]([C@H](n4ccc(=O)[nH]c4=O)O2)[C@@H]3O)(c2ccccc2)c2ccc(OC)cc2)cc1. The number of nitrogens with one attached hydrogen (secondary N) is 1. The first-order chi connectivity index (χ1) is 20.4. The summed E-state index contributed by atoms with van der Waals surface area (Å²) in [6.45, 7) is -0.0390. The molecule has 4 atom stereocenters. The van der Waals surface area contributed by atoms with Crippen LogP contribution < -0.4 is 20.7 Å². The normalized spacial score (nSPS) is 23.1. The van der Waals surface area contributed by atoms with Crippen molar-refractivity contribution in [3.8, 4) is 11.5 Å². The van der Waals surface area contributed by atoms with Gasteiger partial charge in [0.1, 0.15) is 28.9 Å². The number of nitrogens with zero attached hydrogens (tertiary/aromatic N) is 1. The third-order valence-corrected chi connectivity index (χ3v) is 8.23. The van der Waals surface area contributed by atoms with Gasteiger partial charge in [-0.05, 0) is 47.4 Å². The van der Waals surface area contributed by atoms with Gasteiger partial charge in [-0.3, -0.25) is 14.3 Å².